The molecule has 27 heavy (non-hydrogen) atoms. The lowest BCUT2D eigenvalue weighted by Crippen LogP contribution is -2.33. The fourth-order valence-corrected chi connectivity index (χ4v) is 3.02. The van der Waals surface area contributed by atoms with Gasteiger partial charge in [0.15, 0.2) is 11.5 Å². The topological polar surface area (TPSA) is 164 Å². The molecule has 1 aliphatic carbocycles. The summed E-state index contributed by atoms with van der Waals surface area (Å²) in [5.74, 6) is -4.97. The number of ketones is 2. The number of aryl methyl sites for hydroxylation is 1. The number of fused-ring (bicyclic) bond motifs is 2. The average Bonchev–Trinajstić information content (AvgIpc) is 2.58. The number of anilines is 1. The molecule has 1 atom stereocenters. The smallest absolute Gasteiger partial charge is 0.328 e. The Morgan fingerprint density at radius 2 is 1.63 bits per heavy atom. The number of aliphatic hydroxyl groups is 1. The monoisotopic (exact) mass is 373 g/mol. The minimum Gasteiger partial charge on any atom is -0.507 e. The summed E-state index contributed by atoms with van der Waals surface area (Å²) in [6.07, 6.45) is 0. The van der Waals surface area contributed by atoms with Crippen LogP contribution in [-0.2, 0) is 4.79 Å². The second kappa shape index (κ2) is 6.29. The molecule has 0 aromatic heterocycles. The van der Waals surface area contributed by atoms with Crippen molar-refractivity contribution in [3.63, 3.8) is 0 Å². The number of carbonyl (C=O) groups is 3. The van der Waals surface area contributed by atoms with E-state index in [0.717, 1.165) is 6.07 Å². The molecule has 140 valence electrons. The lowest BCUT2D eigenvalue weighted by atomic mass is 9.82. The molecule has 9 heteroatoms. The molecule has 0 spiro atoms. The highest BCUT2D eigenvalue weighted by Crippen LogP contribution is 2.44. The molecule has 1 unspecified atom stereocenters. The van der Waals surface area contributed by atoms with Crippen molar-refractivity contribution in [3.05, 3.63) is 46.0 Å². The lowest BCUT2D eigenvalue weighted by Gasteiger charge is -2.23. The number of nitrogens with one attached hydrogen (secondary N) is 1. The third kappa shape index (κ3) is 2.74. The highest BCUT2D eigenvalue weighted by Gasteiger charge is 2.37. The molecule has 2 aromatic carbocycles. The first-order valence-corrected chi connectivity index (χ1v) is 7.79. The number of phenols is 3. The molecule has 0 bridgehead atoms. The highest BCUT2D eigenvalue weighted by molar-refractivity contribution is 6.31. The average molecular weight is 373 g/mol. The normalized spacial score (nSPS) is 13.7. The van der Waals surface area contributed by atoms with Gasteiger partial charge in [-0.2, -0.15) is 0 Å². The number of aromatic hydroxyl groups is 3. The van der Waals surface area contributed by atoms with Gasteiger partial charge in [0.25, 0.3) is 0 Å². The molecule has 1 aliphatic rings. The molecule has 2 aromatic rings. The van der Waals surface area contributed by atoms with Gasteiger partial charge in [0, 0.05) is 11.1 Å². The highest BCUT2D eigenvalue weighted by atomic mass is 16.4. The maximum atomic E-state index is 12.8. The lowest BCUT2D eigenvalue weighted by molar-refractivity contribution is -0.138. The third-order valence-corrected chi connectivity index (χ3v) is 4.28. The van der Waals surface area contributed by atoms with Crippen LogP contribution in [0.2, 0.25) is 0 Å². The number of hydrogen-bond donors (Lipinski definition) is 6. The van der Waals surface area contributed by atoms with Crippen molar-refractivity contribution in [1.82, 2.24) is 0 Å². The molecule has 0 amide bonds. The van der Waals surface area contributed by atoms with Crippen molar-refractivity contribution in [1.29, 1.82) is 0 Å². The van der Waals surface area contributed by atoms with Gasteiger partial charge in [-0.1, -0.05) is 0 Å². The Bertz CT molecular complexity index is 1010. The minimum absolute atomic E-state index is 0.0664. The van der Waals surface area contributed by atoms with Crippen molar-refractivity contribution in [2.75, 3.05) is 11.9 Å². The molecule has 9 nitrogen and oxygen atoms in total. The van der Waals surface area contributed by atoms with Gasteiger partial charge in [-0.25, -0.2) is 4.79 Å². The van der Waals surface area contributed by atoms with E-state index in [4.69, 9.17) is 10.2 Å². The van der Waals surface area contributed by atoms with E-state index in [0.29, 0.717) is 5.56 Å². The van der Waals surface area contributed by atoms with Crippen LogP contribution in [0.15, 0.2) is 18.2 Å². The first kappa shape index (κ1) is 18.2. The summed E-state index contributed by atoms with van der Waals surface area (Å²) in [5.41, 5.74) is -1.10. The van der Waals surface area contributed by atoms with Crippen LogP contribution in [0.4, 0.5) is 5.69 Å². The Kier molecular flexibility index (Phi) is 4.24. The standard InChI is InChI=1S/C18H15NO8/c1-6-2-7-12(10(21)3-6)16(24)13-8(15(7)23)4-11(22)14(17(13)25)19-9(5-20)18(26)27/h2-4,9,19-22,25H,5H2,1H3,(H,26,27). The molecule has 3 rings (SSSR count). The van der Waals surface area contributed by atoms with Crippen molar-refractivity contribution < 1.29 is 39.9 Å². The van der Waals surface area contributed by atoms with Gasteiger partial charge in [0.1, 0.15) is 23.2 Å². The first-order chi connectivity index (χ1) is 12.7. The first-order valence-electron chi connectivity index (χ1n) is 7.79. The fraction of sp³-hybridized carbons (Fsp3) is 0.167. The van der Waals surface area contributed by atoms with Crippen molar-refractivity contribution >= 4 is 23.2 Å². The molecular weight excluding hydrogens is 358 g/mol. The van der Waals surface area contributed by atoms with Crippen molar-refractivity contribution in [2.45, 2.75) is 13.0 Å². The van der Waals surface area contributed by atoms with E-state index in [1.165, 1.54) is 12.1 Å². The quantitative estimate of drug-likeness (QED) is 0.362. The maximum absolute atomic E-state index is 12.8. The summed E-state index contributed by atoms with van der Waals surface area (Å²) in [6, 6.07) is 2.05. The Labute approximate surface area is 152 Å². The van der Waals surface area contributed by atoms with E-state index < -0.39 is 58.7 Å². The SMILES string of the molecule is Cc1cc(O)c2c(c1)C(=O)c1cc(O)c(NC(CO)C(=O)O)c(O)c1C2=O. The number of benzene rings is 2. The van der Waals surface area contributed by atoms with Gasteiger partial charge >= 0.3 is 5.97 Å². The molecule has 0 saturated heterocycles. The molecule has 0 aliphatic heterocycles. The fourth-order valence-electron chi connectivity index (χ4n) is 3.02. The molecule has 0 heterocycles. The van der Waals surface area contributed by atoms with Gasteiger partial charge in [-0.15, -0.1) is 0 Å². The Morgan fingerprint density at radius 1 is 1.00 bits per heavy atom. The molecular formula is C18H15NO8. The summed E-state index contributed by atoms with van der Waals surface area (Å²) in [5, 5.41) is 51.0. The van der Waals surface area contributed by atoms with E-state index in [-0.39, 0.29) is 16.7 Å². The minimum atomic E-state index is -1.57. The summed E-state index contributed by atoms with van der Waals surface area (Å²) >= 11 is 0. The second-order valence-electron chi connectivity index (χ2n) is 6.12. The van der Waals surface area contributed by atoms with Crippen LogP contribution in [0, 0.1) is 6.92 Å². The second-order valence-corrected chi connectivity index (χ2v) is 6.12. The van der Waals surface area contributed by atoms with Crippen LogP contribution < -0.4 is 5.32 Å². The summed E-state index contributed by atoms with van der Waals surface area (Å²) in [4.78, 5) is 36.6. The zero-order valence-corrected chi connectivity index (χ0v) is 14.0. The molecule has 6 N–H and O–H groups in total. The largest absolute Gasteiger partial charge is 0.507 e. The van der Waals surface area contributed by atoms with Crippen LogP contribution in [0.3, 0.4) is 0 Å². The number of carboxylic acid groups (broad SMARTS) is 1. The summed E-state index contributed by atoms with van der Waals surface area (Å²) < 4.78 is 0. The Balaban J connectivity index is 2.22. The van der Waals surface area contributed by atoms with E-state index in [1.54, 1.807) is 6.92 Å². The zero-order valence-electron chi connectivity index (χ0n) is 14.0. The van der Waals surface area contributed by atoms with Crippen LogP contribution in [0.1, 0.15) is 37.4 Å². The number of carboxylic acids is 1. The molecule has 0 fully saturated rings. The molecule has 0 saturated carbocycles. The zero-order chi connectivity index (χ0) is 20.0. The summed E-state index contributed by atoms with van der Waals surface area (Å²) in [7, 11) is 0. The number of aliphatic carboxylic acids is 1. The number of aliphatic hydroxyl groups excluding tert-OH is 1. The van der Waals surface area contributed by atoms with Gasteiger partial charge in [0.05, 0.1) is 17.7 Å². The van der Waals surface area contributed by atoms with Crippen LogP contribution in [-0.4, -0.2) is 55.7 Å². The number of carbonyl (C=O) groups excluding carboxylic acids is 2. The van der Waals surface area contributed by atoms with E-state index in [9.17, 15) is 29.7 Å². The third-order valence-electron chi connectivity index (χ3n) is 4.28. The predicted octanol–water partition coefficient (Wildman–Crippen LogP) is 0.745. The van der Waals surface area contributed by atoms with E-state index >= 15 is 0 Å². The summed E-state index contributed by atoms with van der Waals surface area (Å²) in [6.45, 7) is 0.761. The number of phenolic OH excluding ortho intramolecular Hbond substituents is 3. The van der Waals surface area contributed by atoms with Gasteiger partial charge in [0.2, 0.25) is 5.78 Å². The van der Waals surface area contributed by atoms with E-state index in [2.05, 4.69) is 5.32 Å². The van der Waals surface area contributed by atoms with Gasteiger partial charge in [-0.05, 0) is 30.7 Å². The number of rotatable bonds is 4. The predicted molar refractivity (Wildman–Crippen MR) is 91.6 cm³/mol. The number of hydrogen-bond acceptors (Lipinski definition) is 8. The van der Waals surface area contributed by atoms with Crippen LogP contribution in [0.25, 0.3) is 0 Å². The van der Waals surface area contributed by atoms with Gasteiger partial charge < -0.3 is 30.8 Å². The maximum Gasteiger partial charge on any atom is 0.328 e. The Hall–Kier alpha value is -3.59. The van der Waals surface area contributed by atoms with Crippen molar-refractivity contribution in [2.24, 2.45) is 0 Å². The Morgan fingerprint density at radius 3 is 2.22 bits per heavy atom. The van der Waals surface area contributed by atoms with Gasteiger partial charge in [-0.3, -0.25) is 9.59 Å². The van der Waals surface area contributed by atoms with Crippen molar-refractivity contribution in [3.8, 4) is 17.2 Å². The van der Waals surface area contributed by atoms with Crippen LogP contribution >= 0.6 is 0 Å². The van der Waals surface area contributed by atoms with Crippen LogP contribution in [0.5, 0.6) is 17.2 Å². The van der Waals surface area contributed by atoms with E-state index in [1.807, 2.05) is 0 Å². The molecule has 0 radical (unpaired) electrons.